The Bertz CT molecular complexity index is 450. The van der Waals surface area contributed by atoms with E-state index in [1.54, 1.807) is 7.11 Å². The zero-order chi connectivity index (χ0) is 10.7. The van der Waals surface area contributed by atoms with Gasteiger partial charge in [0, 0.05) is 13.7 Å². The van der Waals surface area contributed by atoms with Gasteiger partial charge < -0.3 is 9.72 Å². The van der Waals surface area contributed by atoms with Crippen LogP contribution >= 0.6 is 0 Å². The number of H-pyrrole nitrogens is 1. The van der Waals surface area contributed by atoms with E-state index in [2.05, 4.69) is 27.4 Å². The Morgan fingerprint density at radius 1 is 1.47 bits per heavy atom. The summed E-state index contributed by atoms with van der Waals surface area (Å²) >= 11 is 0. The van der Waals surface area contributed by atoms with Crippen molar-refractivity contribution in [2.24, 2.45) is 0 Å². The van der Waals surface area contributed by atoms with E-state index < -0.39 is 0 Å². The smallest absolute Gasteiger partial charge is 0.104 e. The van der Waals surface area contributed by atoms with Gasteiger partial charge in [-0.3, -0.25) is 5.32 Å². The molecule has 0 atom stereocenters. The number of ether oxygens (including phenoxy) is 1. The molecule has 0 radical (unpaired) electrons. The Labute approximate surface area is 88.7 Å². The van der Waals surface area contributed by atoms with Crippen molar-refractivity contribution < 1.29 is 4.74 Å². The number of hydrogen-bond donors (Lipinski definition) is 2. The maximum Gasteiger partial charge on any atom is 0.104 e. The third kappa shape index (κ3) is 2.34. The molecule has 0 fully saturated rings. The predicted molar refractivity (Wildman–Crippen MR) is 59.5 cm³/mol. The molecule has 2 N–H and O–H groups in total. The first-order chi connectivity index (χ1) is 7.29. The van der Waals surface area contributed by atoms with Gasteiger partial charge in [0.1, 0.15) is 5.82 Å². The van der Waals surface area contributed by atoms with Crippen LogP contribution in [0.2, 0.25) is 0 Å². The summed E-state index contributed by atoms with van der Waals surface area (Å²) in [6, 6.07) is 6.21. The lowest BCUT2D eigenvalue weighted by Gasteiger charge is -2.02. The molecule has 1 aromatic heterocycles. The topological polar surface area (TPSA) is 49.9 Å². The minimum Gasteiger partial charge on any atom is -0.370 e. The Morgan fingerprint density at radius 3 is 3.13 bits per heavy atom. The summed E-state index contributed by atoms with van der Waals surface area (Å²) in [5, 5.41) is 3.17. The predicted octanol–water partition coefficient (Wildman–Crippen LogP) is 1.56. The van der Waals surface area contributed by atoms with E-state index in [1.807, 2.05) is 13.0 Å². The highest BCUT2D eigenvalue weighted by Gasteiger charge is 2.00. The van der Waals surface area contributed by atoms with Crippen LogP contribution in [0.3, 0.4) is 0 Å². The molecule has 15 heavy (non-hydrogen) atoms. The summed E-state index contributed by atoms with van der Waals surface area (Å²) in [6.45, 7) is 3.34. The van der Waals surface area contributed by atoms with E-state index >= 15 is 0 Å². The minimum absolute atomic E-state index is 0.569. The maximum atomic E-state index is 4.92. The summed E-state index contributed by atoms with van der Waals surface area (Å²) in [5.74, 6) is 0.951. The van der Waals surface area contributed by atoms with E-state index in [4.69, 9.17) is 4.74 Å². The number of hydrogen-bond acceptors (Lipinski definition) is 3. The first-order valence-electron chi connectivity index (χ1n) is 4.94. The maximum absolute atomic E-state index is 4.92. The summed E-state index contributed by atoms with van der Waals surface area (Å²) < 4.78 is 4.92. The van der Waals surface area contributed by atoms with E-state index in [0.717, 1.165) is 23.4 Å². The summed E-state index contributed by atoms with van der Waals surface area (Å²) in [7, 11) is 1.68. The molecule has 0 aliphatic heterocycles. The molecule has 80 valence electrons. The fourth-order valence-electron chi connectivity index (χ4n) is 1.59. The molecule has 0 aliphatic rings. The zero-order valence-corrected chi connectivity index (χ0v) is 9.00. The van der Waals surface area contributed by atoms with Crippen molar-refractivity contribution in [3.8, 4) is 0 Å². The van der Waals surface area contributed by atoms with Gasteiger partial charge in [-0.15, -0.1) is 0 Å². The van der Waals surface area contributed by atoms with Crippen LogP contribution < -0.4 is 5.32 Å². The lowest BCUT2D eigenvalue weighted by atomic mass is 10.2. The quantitative estimate of drug-likeness (QED) is 0.588. The van der Waals surface area contributed by atoms with Crippen molar-refractivity contribution in [1.29, 1.82) is 0 Å². The van der Waals surface area contributed by atoms with Crippen LogP contribution in [-0.2, 0) is 11.3 Å². The minimum atomic E-state index is 0.569. The lowest BCUT2D eigenvalue weighted by Crippen LogP contribution is -2.15. The van der Waals surface area contributed by atoms with Gasteiger partial charge in [-0.05, 0) is 24.6 Å². The second kappa shape index (κ2) is 4.42. The SMILES string of the molecule is COCNCc1ccc2nc(C)[nH]c2c1. The van der Waals surface area contributed by atoms with Gasteiger partial charge in [-0.25, -0.2) is 4.98 Å². The van der Waals surface area contributed by atoms with Gasteiger partial charge in [0.05, 0.1) is 17.8 Å². The van der Waals surface area contributed by atoms with Crippen LogP contribution in [-0.4, -0.2) is 23.8 Å². The van der Waals surface area contributed by atoms with Crippen LogP contribution in [0.25, 0.3) is 11.0 Å². The average Bonchev–Trinajstić information content (AvgIpc) is 2.57. The number of nitrogens with zero attached hydrogens (tertiary/aromatic N) is 1. The first-order valence-corrected chi connectivity index (χ1v) is 4.94. The Hall–Kier alpha value is -1.39. The van der Waals surface area contributed by atoms with Crippen LogP contribution in [0.15, 0.2) is 18.2 Å². The molecule has 0 aliphatic carbocycles. The molecule has 1 heterocycles. The highest BCUT2D eigenvalue weighted by Crippen LogP contribution is 2.13. The Kier molecular flexibility index (Phi) is 2.99. The molecular formula is C11H15N3O. The summed E-state index contributed by atoms with van der Waals surface area (Å²) in [4.78, 5) is 7.57. The highest BCUT2D eigenvalue weighted by molar-refractivity contribution is 5.75. The van der Waals surface area contributed by atoms with Gasteiger partial charge >= 0.3 is 0 Å². The van der Waals surface area contributed by atoms with Crippen molar-refractivity contribution in [3.63, 3.8) is 0 Å². The number of benzene rings is 1. The highest BCUT2D eigenvalue weighted by atomic mass is 16.5. The number of methoxy groups -OCH3 is 1. The second-order valence-electron chi connectivity index (χ2n) is 3.53. The first kappa shape index (κ1) is 10.1. The lowest BCUT2D eigenvalue weighted by molar-refractivity contribution is 0.174. The zero-order valence-electron chi connectivity index (χ0n) is 9.00. The number of nitrogens with one attached hydrogen (secondary N) is 2. The standard InChI is InChI=1S/C11H15N3O/c1-8-13-10-4-3-9(5-11(10)14-8)6-12-7-15-2/h3-5,12H,6-7H2,1-2H3,(H,13,14). The van der Waals surface area contributed by atoms with Crippen LogP contribution in [0.4, 0.5) is 0 Å². The Balaban J connectivity index is 2.15. The molecular weight excluding hydrogens is 190 g/mol. The number of aromatic nitrogens is 2. The largest absolute Gasteiger partial charge is 0.370 e. The number of aryl methyl sites for hydroxylation is 1. The number of rotatable bonds is 4. The van der Waals surface area contributed by atoms with Gasteiger partial charge in [-0.2, -0.15) is 0 Å². The molecule has 0 unspecified atom stereocenters. The number of fused-ring (bicyclic) bond motifs is 1. The number of imidazole rings is 1. The van der Waals surface area contributed by atoms with E-state index in [-0.39, 0.29) is 0 Å². The van der Waals surface area contributed by atoms with E-state index in [9.17, 15) is 0 Å². The molecule has 0 amide bonds. The summed E-state index contributed by atoms with van der Waals surface area (Å²) in [6.07, 6.45) is 0. The van der Waals surface area contributed by atoms with Crippen LogP contribution in [0.5, 0.6) is 0 Å². The van der Waals surface area contributed by atoms with E-state index in [0.29, 0.717) is 6.73 Å². The Morgan fingerprint density at radius 2 is 2.33 bits per heavy atom. The fourth-order valence-corrected chi connectivity index (χ4v) is 1.59. The second-order valence-corrected chi connectivity index (χ2v) is 3.53. The van der Waals surface area contributed by atoms with Crippen molar-refractivity contribution in [2.75, 3.05) is 13.8 Å². The van der Waals surface area contributed by atoms with Crippen LogP contribution in [0.1, 0.15) is 11.4 Å². The van der Waals surface area contributed by atoms with Crippen molar-refractivity contribution in [2.45, 2.75) is 13.5 Å². The molecule has 4 nitrogen and oxygen atoms in total. The molecule has 2 aromatic rings. The molecule has 0 saturated heterocycles. The molecule has 4 heteroatoms. The van der Waals surface area contributed by atoms with Crippen molar-refractivity contribution in [1.82, 2.24) is 15.3 Å². The molecule has 0 saturated carbocycles. The number of aromatic amines is 1. The third-order valence-corrected chi connectivity index (χ3v) is 2.24. The van der Waals surface area contributed by atoms with Gasteiger partial charge in [0.15, 0.2) is 0 Å². The normalized spacial score (nSPS) is 11.1. The molecule has 0 spiro atoms. The monoisotopic (exact) mass is 205 g/mol. The van der Waals surface area contributed by atoms with Gasteiger partial charge in [0.2, 0.25) is 0 Å². The van der Waals surface area contributed by atoms with Crippen molar-refractivity contribution in [3.05, 3.63) is 29.6 Å². The van der Waals surface area contributed by atoms with Gasteiger partial charge in [0.25, 0.3) is 0 Å². The average molecular weight is 205 g/mol. The van der Waals surface area contributed by atoms with E-state index in [1.165, 1.54) is 5.56 Å². The summed E-state index contributed by atoms with van der Waals surface area (Å²) in [5.41, 5.74) is 3.33. The van der Waals surface area contributed by atoms with Crippen molar-refractivity contribution >= 4 is 11.0 Å². The van der Waals surface area contributed by atoms with Crippen LogP contribution in [0, 0.1) is 6.92 Å². The molecule has 2 rings (SSSR count). The molecule has 0 bridgehead atoms. The van der Waals surface area contributed by atoms with Gasteiger partial charge in [-0.1, -0.05) is 6.07 Å². The fraction of sp³-hybridized carbons (Fsp3) is 0.364. The third-order valence-electron chi connectivity index (χ3n) is 2.24. The molecule has 1 aromatic carbocycles.